The zero-order valence-electron chi connectivity index (χ0n) is 19.4. The lowest BCUT2D eigenvalue weighted by atomic mass is 10.1. The van der Waals surface area contributed by atoms with E-state index < -0.39 is 5.97 Å². The topological polar surface area (TPSA) is 115 Å². The van der Waals surface area contributed by atoms with E-state index in [2.05, 4.69) is 37.5 Å². The van der Waals surface area contributed by atoms with Gasteiger partial charge in [0.2, 0.25) is 0 Å². The minimum absolute atomic E-state index is 0.109. The number of hydrogen-bond acceptors (Lipinski definition) is 7. The van der Waals surface area contributed by atoms with Crippen LogP contribution in [0.1, 0.15) is 29.5 Å². The molecule has 1 aromatic carbocycles. The average molecular weight is 461 g/mol. The molecule has 0 atom stereocenters. The van der Waals surface area contributed by atoms with Crippen molar-refractivity contribution in [2.75, 3.05) is 24.5 Å². The maximum absolute atomic E-state index is 12.6. The average Bonchev–Trinajstić information content (AvgIpc) is 2.78. The summed E-state index contributed by atoms with van der Waals surface area (Å²) in [6.07, 6.45) is 4.19. The van der Waals surface area contributed by atoms with Crippen molar-refractivity contribution in [1.82, 2.24) is 19.9 Å². The molecule has 0 fully saturated rings. The van der Waals surface area contributed by atoms with Crippen LogP contribution in [-0.2, 0) is 11.3 Å². The van der Waals surface area contributed by atoms with Gasteiger partial charge in [0.15, 0.2) is 11.2 Å². The van der Waals surface area contributed by atoms with Crippen LogP contribution in [0.3, 0.4) is 0 Å². The molecule has 2 N–H and O–H groups in total. The molecule has 2 aromatic heterocycles. The van der Waals surface area contributed by atoms with Crippen molar-refractivity contribution < 1.29 is 9.90 Å². The van der Waals surface area contributed by atoms with Crippen LogP contribution in [0.2, 0.25) is 0 Å². The van der Waals surface area contributed by atoms with Crippen molar-refractivity contribution in [1.29, 1.82) is 0 Å². The molecule has 0 amide bonds. The minimum Gasteiger partial charge on any atom is -0.481 e. The van der Waals surface area contributed by atoms with Gasteiger partial charge in [0, 0.05) is 38.4 Å². The Labute approximate surface area is 197 Å². The lowest BCUT2D eigenvalue weighted by Crippen LogP contribution is -2.44. The van der Waals surface area contributed by atoms with Crippen LogP contribution in [0.25, 0.3) is 6.58 Å². The van der Waals surface area contributed by atoms with E-state index in [-0.39, 0.29) is 22.8 Å². The van der Waals surface area contributed by atoms with Crippen molar-refractivity contribution >= 4 is 29.7 Å². The number of carboxylic acid groups (broad SMARTS) is 1. The standard InChI is InChI=1S/C25H28N6O3/c1-16-12-20-21(13-17(16)2)31(24-23(29-20)25(34)28-18(3)27-24)11-10-30(9-5-7-22(32)33)15-19-6-4-8-26-14-19/h4,6,8,12-14H,3,5,7,9-11,15H2,1-2H3,(H,28,34)(H,32,33). The summed E-state index contributed by atoms with van der Waals surface area (Å²) in [5.74, 6) is -0.324. The first-order chi connectivity index (χ1) is 16.3. The molecule has 3 heterocycles. The van der Waals surface area contributed by atoms with Gasteiger partial charge in [-0.15, -0.1) is 0 Å². The van der Waals surface area contributed by atoms with E-state index in [4.69, 9.17) is 5.11 Å². The number of nitrogens with one attached hydrogen (secondary N) is 1. The molecule has 4 rings (SSSR count). The lowest BCUT2D eigenvalue weighted by molar-refractivity contribution is -0.137. The normalized spacial score (nSPS) is 12.3. The quantitative estimate of drug-likeness (QED) is 0.502. The molecule has 176 valence electrons. The fraction of sp³-hybridized carbons (Fsp3) is 0.320. The van der Waals surface area contributed by atoms with E-state index in [1.54, 1.807) is 6.20 Å². The van der Waals surface area contributed by atoms with Gasteiger partial charge in [0.1, 0.15) is 5.48 Å². The molecule has 0 bridgehead atoms. The summed E-state index contributed by atoms with van der Waals surface area (Å²) >= 11 is 0. The Morgan fingerprint density at radius 3 is 2.76 bits per heavy atom. The molecule has 0 radical (unpaired) electrons. The molecule has 9 nitrogen and oxygen atoms in total. The summed E-state index contributed by atoms with van der Waals surface area (Å²) < 4.78 is 0. The molecule has 1 aliphatic heterocycles. The smallest absolute Gasteiger partial charge is 0.303 e. The Bertz CT molecular complexity index is 1370. The van der Waals surface area contributed by atoms with Gasteiger partial charge < -0.3 is 15.0 Å². The summed E-state index contributed by atoms with van der Waals surface area (Å²) in [7, 11) is 0. The molecule has 3 aromatic rings. The molecule has 1 aliphatic rings. The summed E-state index contributed by atoms with van der Waals surface area (Å²) in [5.41, 5.74) is 4.84. The predicted octanol–water partition coefficient (Wildman–Crippen LogP) is 1.96. The number of aromatic amines is 1. The highest BCUT2D eigenvalue weighted by molar-refractivity contribution is 5.77. The second-order valence-corrected chi connectivity index (χ2v) is 8.51. The molecule has 0 aliphatic carbocycles. The summed E-state index contributed by atoms with van der Waals surface area (Å²) in [6.45, 7) is 10.3. The van der Waals surface area contributed by atoms with Gasteiger partial charge in [-0.1, -0.05) is 12.6 Å². The largest absolute Gasteiger partial charge is 0.481 e. The third-order valence-corrected chi connectivity index (χ3v) is 5.93. The van der Waals surface area contributed by atoms with Gasteiger partial charge in [-0.2, -0.15) is 0 Å². The predicted molar refractivity (Wildman–Crippen MR) is 130 cm³/mol. The van der Waals surface area contributed by atoms with E-state index in [1.165, 1.54) is 0 Å². The fourth-order valence-electron chi connectivity index (χ4n) is 4.06. The fourth-order valence-corrected chi connectivity index (χ4v) is 4.06. The number of aromatic nitrogens is 3. The Hall–Kier alpha value is -3.85. The lowest BCUT2D eigenvalue weighted by Gasteiger charge is -2.31. The van der Waals surface area contributed by atoms with Gasteiger partial charge in [-0.05, 0) is 61.7 Å². The van der Waals surface area contributed by atoms with Crippen molar-refractivity contribution in [3.63, 3.8) is 0 Å². The molecule has 9 heteroatoms. The number of hydrogen-bond donors (Lipinski definition) is 2. The number of carbonyl (C=O) groups is 1. The zero-order valence-corrected chi connectivity index (χ0v) is 19.4. The Balaban J connectivity index is 1.66. The second kappa shape index (κ2) is 9.96. The van der Waals surface area contributed by atoms with Crippen LogP contribution >= 0.6 is 0 Å². The Morgan fingerprint density at radius 1 is 1.24 bits per heavy atom. The van der Waals surface area contributed by atoms with Crippen LogP contribution < -0.4 is 21.3 Å². The van der Waals surface area contributed by atoms with Gasteiger partial charge in [-0.25, -0.2) is 9.98 Å². The number of nitrogens with zero attached hydrogens (tertiary/aromatic N) is 5. The second-order valence-electron chi connectivity index (χ2n) is 8.51. The van der Waals surface area contributed by atoms with Crippen molar-refractivity contribution in [2.24, 2.45) is 4.99 Å². The van der Waals surface area contributed by atoms with Crippen molar-refractivity contribution in [2.45, 2.75) is 33.2 Å². The number of rotatable bonds is 9. The van der Waals surface area contributed by atoms with E-state index in [1.807, 2.05) is 43.1 Å². The van der Waals surface area contributed by atoms with Gasteiger partial charge in [-0.3, -0.25) is 19.5 Å². The van der Waals surface area contributed by atoms with Crippen LogP contribution in [0.4, 0.5) is 17.2 Å². The maximum atomic E-state index is 12.6. The maximum Gasteiger partial charge on any atom is 0.303 e. The first-order valence-electron chi connectivity index (χ1n) is 11.2. The Morgan fingerprint density at radius 2 is 2.03 bits per heavy atom. The summed E-state index contributed by atoms with van der Waals surface area (Å²) in [5, 5.41) is 9.35. The number of aryl methyl sites for hydroxylation is 2. The number of benzene rings is 1. The third-order valence-electron chi connectivity index (χ3n) is 5.93. The van der Waals surface area contributed by atoms with Crippen LogP contribution in [-0.4, -0.2) is 50.6 Å². The molecule has 0 spiro atoms. The highest BCUT2D eigenvalue weighted by Crippen LogP contribution is 2.36. The Kier molecular flexibility index (Phi) is 6.83. The first kappa shape index (κ1) is 23.3. The van der Waals surface area contributed by atoms with E-state index >= 15 is 0 Å². The van der Waals surface area contributed by atoms with Crippen molar-refractivity contribution in [3.05, 3.63) is 74.5 Å². The molecular weight excluding hydrogens is 432 g/mol. The SMILES string of the molecule is C=c1nc2c(c(=O)[nH]1)=Nc1cc(C)c(C)cc1N2CCN(CCCC(=O)O)Cc1cccnc1. The summed E-state index contributed by atoms with van der Waals surface area (Å²) in [4.78, 5) is 43.9. The molecular formula is C25H28N6O3. The van der Waals surface area contributed by atoms with Gasteiger partial charge >= 0.3 is 5.97 Å². The third kappa shape index (κ3) is 5.20. The van der Waals surface area contributed by atoms with Crippen LogP contribution in [0.5, 0.6) is 0 Å². The van der Waals surface area contributed by atoms with Crippen LogP contribution in [0, 0.1) is 13.8 Å². The molecule has 0 saturated carbocycles. The zero-order chi connectivity index (χ0) is 24.2. The monoisotopic (exact) mass is 460 g/mol. The number of fused-ring (bicyclic) bond motifs is 2. The van der Waals surface area contributed by atoms with E-state index in [0.29, 0.717) is 38.4 Å². The highest BCUT2D eigenvalue weighted by atomic mass is 16.4. The molecule has 34 heavy (non-hydrogen) atoms. The van der Waals surface area contributed by atoms with Gasteiger partial charge in [0.05, 0.1) is 11.4 Å². The summed E-state index contributed by atoms with van der Waals surface area (Å²) in [6, 6.07) is 7.95. The first-order valence-corrected chi connectivity index (χ1v) is 11.2. The number of aliphatic carboxylic acids is 1. The minimum atomic E-state index is -0.806. The molecule has 0 saturated heterocycles. The van der Waals surface area contributed by atoms with Crippen LogP contribution in [0.15, 0.2) is 46.4 Å². The van der Waals surface area contributed by atoms with E-state index in [0.717, 1.165) is 28.1 Å². The molecule has 0 unspecified atom stereocenters. The number of pyridine rings is 1. The number of H-pyrrole nitrogens is 1. The van der Waals surface area contributed by atoms with E-state index in [9.17, 15) is 9.59 Å². The highest BCUT2D eigenvalue weighted by Gasteiger charge is 2.24. The van der Waals surface area contributed by atoms with Gasteiger partial charge in [0.25, 0.3) is 5.56 Å². The number of anilines is 2. The number of carboxylic acids is 1. The van der Waals surface area contributed by atoms with Crippen molar-refractivity contribution in [3.8, 4) is 0 Å².